The minimum absolute atomic E-state index is 0.127. The highest BCUT2D eigenvalue weighted by molar-refractivity contribution is 7.09. The molecule has 4 nitrogen and oxygen atoms in total. The van der Waals surface area contributed by atoms with E-state index in [9.17, 15) is 9.18 Å². The predicted molar refractivity (Wildman–Crippen MR) is 68.8 cm³/mol. The number of halogens is 1. The molecule has 0 saturated heterocycles. The zero-order valence-corrected chi connectivity index (χ0v) is 10.6. The van der Waals surface area contributed by atoms with Crippen molar-refractivity contribution in [2.75, 3.05) is 5.73 Å². The summed E-state index contributed by atoms with van der Waals surface area (Å²) >= 11 is 1.52. The molecule has 0 radical (unpaired) electrons. The van der Waals surface area contributed by atoms with E-state index in [1.165, 1.54) is 23.5 Å². The molecule has 1 aromatic heterocycles. The van der Waals surface area contributed by atoms with Crippen LogP contribution in [-0.4, -0.2) is 10.9 Å². The van der Waals surface area contributed by atoms with Gasteiger partial charge in [0.15, 0.2) is 0 Å². The van der Waals surface area contributed by atoms with Gasteiger partial charge in [0.2, 0.25) is 0 Å². The Hall–Kier alpha value is -1.95. The van der Waals surface area contributed by atoms with Gasteiger partial charge in [0.25, 0.3) is 5.91 Å². The zero-order chi connectivity index (χ0) is 13.1. The third kappa shape index (κ3) is 2.84. The summed E-state index contributed by atoms with van der Waals surface area (Å²) in [5.41, 5.74) is 6.77. The number of carbonyl (C=O) groups is 1. The molecule has 6 heteroatoms. The molecular formula is C12H12FN3OS. The lowest BCUT2D eigenvalue weighted by Crippen LogP contribution is -2.24. The van der Waals surface area contributed by atoms with Crippen LogP contribution in [0.25, 0.3) is 0 Å². The average Bonchev–Trinajstić information content (AvgIpc) is 2.72. The van der Waals surface area contributed by atoms with Gasteiger partial charge in [-0.15, -0.1) is 11.3 Å². The van der Waals surface area contributed by atoms with Crippen molar-refractivity contribution in [3.8, 4) is 0 Å². The van der Waals surface area contributed by atoms with Crippen molar-refractivity contribution in [1.29, 1.82) is 0 Å². The van der Waals surface area contributed by atoms with Gasteiger partial charge in [0.1, 0.15) is 5.82 Å². The van der Waals surface area contributed by atoms with Crippen molar-refractivity contribution in [3.63, 3.8) is 0 Å². The molecule has 0 spiro atoms. The summed E-state index contributed by atoms with van der Waals surface area (Å²) in [5, 5.41) is 5.52. The number of nitrogens with one attached hydrogen (secondary N) is 1. The van der Waals surface area contributed by atoms with Crippen LogP contribution in [0.15, 0.2) is 23.6 Å². The zero-order valence-electron chi connectivity index (χ0n) is 9.74. The summed E-state index contributed by atoms with van der Waals surface area (Å²) in [6.45, 7) is 2.23. The number of hydrogen-bond acceptors (Lipinski definition) is 4. The Morgan fingerprint density at radius 1 is 1.56 bits per heavy atom. The average molecular weight is 265 g/mol. The number of anilines is 1. The number of hydrogen-bond donors (Lipinski definition) is 2. The molecule has 3 N–H and O–H groups in total. The first kappa shape index (κ1) is 12.5. The van der Waals surface area contributed by atoms with Crippen LogP contribution in [0.5, 0.6) is 0 Å². The maximum atomic E-state index is 12.8. The first-order chi connectivity index (χ1) is 8.56. The number of benzene rings is 1. The van der Waals surface area contributed by atoms with Gasteiger partial charge in [0.05, 0.1) is 22.8 Å². The Labute approximate surface area is 108 Å². The molecule has 0 aliphatic heterocycles. The summed E-state index contributed by atoms with van der Waals surface area (Å²) in [5.74, 6) is -0.794. The van der Waals surface area contributed by atoms with Crippen molar-refractivity contribution >= 4 is 22.9 Å². The van der Waals surface area contributed by atoms with E-state index in [0.717, 1.165) is 16.8 Å². The molecule has 0 unspecified atom stereocenters. The molecule has 18 heavy (non-hydrogen) atoms. The maximum Gasteiger partial charge on any atom is 0.253 e. The maximum absolute atomic E-state index is 12.8. The van der Waals surface area contributed by atoms with E-state index in [1.807, 2.05) is 12.3 Å². The van der Waals surface area contributed by atoms with E-state index in [1.54, 1.807) is 0 Å². The van der Waals surface area contributed by atoms with Crippen molar-refractivity contribution in [1.82, 2.24) is 10.3 Å². The molecule has 0 bridgehead atoms. The van der Waals surface area contributed by atoms with Gasteiger partial charge in [0, 0.05) is 11.1 Å². The Morgan fingerprint density at radius 3 is 2.94 bits per heavy atom. The van der Waals surface area contributed by atoms with E-state index in [4.69, 9.17) is 5.73 Å². The summed E-state index contributed by atoms with van der Waals surface area (Å²) < 4.78 is 12.8. The molecule has 0 aliphatic rings. The fraction of sp³-hybridized carbons (Fsp3) is 0.167. The topological polar surface area (TPSA) is 68.0 Å². The molecule has 0 fully saturated rings. The molecule has 0 saturated carbocycles. The normalized spacial score (nSPS) is 10.3. The molecule has 2 aromatic rings. The minimum atomic E-state index is -0.459. The molecule has 94 valence electrons. The smallest absolute Gasteiger partial charge is 0.253 e. The second-order valence-electron chi connectivity index (χ2n) is 3.77. The Bertz CT molecular complexity index is 582. The van der Waals surface area contributed by atoms with Crippen LogP contribution in [0, 0.1) is 12.7 Å². The van der Waals surface area contributed by atoms with Crippen molar-refractivity contribution in [2.45, 2.75) is 13.5 Å². The SMILES string of the molecule is Cc1nc(CNC(=O)c2ccc(F)cc2N)cs1. The van der Waals surface area contributed by atoms with Crippen LogP contribution in [0.4, 0.5) is 10.1 Å². The number of carbonyl (C=O) groups excluding carboxylic acids is 1. The highest BCUT2D eigenvalue weighted by Gasteiger charge is 2.10. The molecule has 1 heterocycles. The van der Waals surface area contributed by atoms with Crippen molar-refractivity contribution in [3.05, 3.63) is 45.7 Å². The predicted octanol–water partition coefficient (Wildman–Crippen LogP) is 2.10. The van der Waals surface area contributed by atoms with E-state index in [0.29, 0.717) is 6.54 Å². The second-order valence-corrected chi connectivity index (χ2v) is 4.83. The van der Waals surface area contributed by atoms with Crippen molar-refractivity contribution in [2.24, 2.45) is 0 Å². The summed E-state index contributed by atoms with van der Waals surface area (Å²) in [6.07, 6.45) is 0. The van der Waals surface area contributed by atoms with Gasteiger partial charge >= 0.3 is 0 Å². The number of nitrogens with two attached hydrogens (primary N) is 1. The summed E-state index contributed by atoms with van der Waals surface area (Å²) in [4.78, 5) is 16.0. The largest absolute Gasteiger partial charge is 0.398 e. The summed E-state index contributed by atoms with van der Waals surface area (Å²) in [7, 11) is 0. The van der Waals surface area contributed by atoms with Gasteiger partial charge < -0.3 is 11.1 Å². The van der Waals surface area contributed by atoms with Crippen LogP contribution in [0.2, 0.25) is 0 Å². The van der Waals surface area contributed by atoms with Gasteiger partial charge in [-0.1, -0.05) is 0 Å². The molecular weight excluding hydrogens is 253 g/mol. The van der Waals surface area contributed by atoms with Crippen LogP contribution >= 0.6 is 11.3 Å². The lowest BCUT2D eigenvalue weighted by atomic mass is 10.1. The fourth-order valence-corrected chi connectivity index (χ4v) is 2.11. The number of amides is 1. The lowest BCUT2D eigenvalue weighted by molar-refractivity contribution is 0.0951. The third-order valence-corrected chi connectivity index (χ3v) is 3.18. The van der Waals surface area contributed by atoms with Crippen molar-refractivity contribution < 1.29 is 9.18 Å². The number of thiazole rings is 1. The van der Waals surface area contributed by atoms with Gasteiger partial charge in [-0.3, -0.25) is 4.79 Å². The van der Waals surface area contributed by atoms with Gasteiger partial charge in [-0.05, 0) is 25.1 Å². The van der Waals surface area contributed by atoms with Gasteiger partial charge in [-0.25, -0.2) is 9.37 Å². The molecule has 1 aromatic carbocycles. The van der Waals surface area contributed by atoms with E-state index in [2.05, 4.69) is 10.3 Å². The number of nitrogens with zero attached hydrogens (tertiary/aromatic N) is 1. The summed E-state index contributed by atoms with van der Waals surface area (Å²) in [6, 6.07) is 3.70. The highest BCUT2D eigenvalue weighted by atomic mass is 32.1. The monoisotopic (exact) mass is 265 g/mol. The van der Waals surface area contributed by atoms with Crippen LogP contribution in [0.3, 0.4) is 0 Å². The van der Waals surface area contributed by atoms with Gasteiger partial charge in [-0.2, -0.15) is 0 Å². The molecule has 1 amide bonds. The Balaban J connectivity index is 2.03. The van der Waals surface area contributed by atoms with E-state index < -0.39 is 5.82 Å². The quantitative estimate of drug-likeness (QED) is 0.835. The van der Waals surface area contributed by atoms with Crippen LogP contribution < -0.4 is 11.1 Å². The number of aromatic nitrogens is 1. The minimum Gasteiger partial charge on any atom is -0.398 e. The van der Waals surface area contributed by atoms with Crippen LogP contribution in [0.1, 0.15) is 21.1 Å². The molecule has 0 aliphatic carbocycles. The number of nitrogen functional groups attached to an aromatic ring is 1. The highest BCUT2D eigenvalue weighted by Crippen LogP contribution is 2.13. The fourth-order valence-electron chi connectivity index (χ4n) is 1.50. The molecule has 2 rings (SSSR count). The van der Waals surface area contributed by atoms with E-state index in [-0.39, 0.29) is 17.2 Å². The Kier molecular flexibility index (Phi) is 3.57. The Morgan fingerprint density at radius 2 is 2.33 bits per heavy atom. The molecule has 0 atom stereocenters. The second kappa shape index (κ2) is 5.14. The lowest BCUT2D eigenvalue weighted by Gasteiger charge is -2.06. The standard InChI is InChI=1S/C12H12FN3OS/c1-7-16-9(6-18-7)5-15-12(17)10-3-2-8(13)4-11(10)14/h2-4,6H,5,14H2,1H3,(H,15,17). The van der Waals surface area contributed by atoms with E-state index >= 15 is 0 Å². The first-order valence-corrected chi connectivity index (χ1v) is 6.18. The number of aryl methyl sites for hydroxylation is 1. The van der Waals surface area contributed by atoms with Crippen LogP contribution in [-0.2, 0) is 6.54 Å². The number of rotatable bonds is 3. The first-order valence-electron chi connectivity index (χ1n) is 5.30. The third-order valence-electron chi connectivity index (χ3n) is 2.35.